The Balaban J connectivity index is 2.76. The van der Waals surface area contributed by atoms with Gasteiger partial charge in [-0.3, -0.25) is 0 Å². The number of rotatable bonds is 1. The van der Waals surface area contributed by atoms with Crippen LogP contribution in [0.15, 0.2) is 30.6 Å². The zero-order chi connectivity index (χ0) is 9.26. The van der Waals surface area contributed by atoms with Crippen LogP contribution in [0.4, 0.5) is 0 Å². The summed E-state index contributed by atoms with van der Waals surface area (Å²) in [5, 5.41) is 1.12. The molecule has 0 radical (unpaired) electrons. The Morgan fingerprint density at radius 3 is 2.77 bits per heavy atom. The predicted octanol–water partition coefficient (Wildman–Crippen LogP) is 3.09. The smallest absolute Gasteiger partial charge is 0.116 e. The van der Waals surface area contributed by atoms with E-state index < -0.39 is 0 Å². The van der Waals surface area contributed by atoms with Gasteiger partial charge in [0, 0.05) is 5.39 Å². The van der Waals surface area contributed by atoms with E-state index in [4.69, 9.17) is 0 Å². The summed E-state index contributed by atoms with van der Waals surface area (Å²) in [4.78, 5) is 8.70. The zero-order valence-electron chi connectivity index (χ0n) is 7.24. The third-order valence-corrected chi connectivity index (χ3v) is 2.38. The first kappa shape index (κ1) is 8.63. The number of hydrogen-bond acceptors (Lipinski definition) is 2. The molecule has 2 nitrogen and oxygen atoms in total. The minimum atomic E-state index is 0.264. The molecule has 66 valence electrons. The third kappa shape index (κ3) is 1.56. The summed E-state index contributed by atoms with van der Waals surface area (Å²) in [5.74, 6) is 0. The van der Waals surface area contributed by atoms with E-state index in [2.05, 4.69) is 32.8 Å². The fourth-order valence-corrected chi connectivity index (χ4v) is 1.71. The summed E-state index contributed by atoms with van der Waals surface area (Å²) in [5.41, 5.74) is 2.05. The number of alkyl halides is 1. The van der Waals surface area contributed by atoms with Crippen molar-refractivity contribution < 1.29 is 0 Å². The zero-order valence-corrected chi connectivity index (χ0v) is 8.82. The van der Waals surface area contributed by atoms with Crippen molar-refractivity contribution in [2.24, 2.45) is 0 Å². The highest BCUT2D eigenvalue weighted by Crippen LogP contribution is 2.25. The van der Waals surface area contributed by atoms with Crippen LogP contribution in [-0.2, 0) is 0 Å². The predicted molar refractivity (Wildman–Crippen MR) is 56.9 cm³/mol. The van der Waals surface area contributed by atoms with Crippen LogP contribution in [-0.4, -0.2) is 9.97 Å². The van der Waals surface area contributed by atoms with E-state index in [1.165, 1.54) is 0 Å². The molecule has 1 aromatic carbocycles. The SMILES string of the molecule is CC(Br)c1ncnc2ccccc12. The van der Waals surface area contributed by atoms with Crippen LogP contribution >= 0.6 is 15.9 Å². The number of hydrogen-bond donors (Lipinski definition) is 0. The maximum Gasteiger partial charge on any atom is 0.116 e. The summed E-state index contributed by atoms with van der Waals surface area (Å²) in [7, 11) is 0. The van der Waals surface area contributed by atoms with Crippen molar-refractivity contribution in [3.63, 3.8) is 0 Å². The summed E-state index contributed by atoms with van der Waals surface area (Å²) >= 11 is 3.51. The van der Waals surface area contributed by atoms with Crippen molar-refractivity contribution in [1.82, 2.24) is 9.97 Å². The number of aromatic nitrogens is 2. The van der Waals surface area contributed by atoms with Gasteiger partial charge in [-0.25, -0.2) is 9.97 Å². The molecule has 3 heteroatoms. The molecule has 0 aliphatic heterocycles. The molecule has 2 aromatic rings. The highest BCUT2D eigenvalue weighted by molar-refractivity contribution is 9.09. The summed E-state index contributed by atoms with van der Waals surface area (Å²) in [6.45, 7) is 2.06. The molecule has 0 amide bonds. The summed E-state index contributed by atoms with van der Waals surface area (Å²) in [6.07, 6.45) is 1.61. The molecule has 1 heterocycles. The molecular weight excluding hydrogens is 228 g/mol. The van der Waals surface area contributed by atoms with Crippen LogP contribution in [0.1, 0.15) is 17.4 Å². The van der Waals surface area contributed by atoms with Crippen molar-refractivity contribution in [3.8, 4) is 0 Å². The van der Waals surface area contributed by atoms with Crippen molar-refractivity contribution in [3.05, 3.63) is 36.3 Å². The number of halogens is 1. The molecule has 0 N–H and O–H groups in total. The van der Waals surface area contributed by atoms with Gasteiger partial charge in [0.05, 0.1) is 16.0 Å². The highest BCUT2D eigenvalue weighted by Gasteiger charge is 2.06. The molecule has 1 aromatic heterocycles. The van der Waals surface area contributed by atoms with Gasteiger partial charge in [0.2, 0.25) is 0 Å². The quantitative estimate of drug-likeness (QED) is 0.712. The molecule has 0 aliphatic carbocycles. The van der Waals surface area contributed by atoms with Gasteiger partial charge in [-0.15, -0.1) is 0 Å². The van der Waals surface area contributed by atoms with E-state index >= 15 is 0 Å². The fraction of sp³-hybridized carbons (Fsp3) is 0.200. The molecule has 0 saturated heterocycles. The van der Waals surface area contributed by atoms with Gasteiger partial charge in [-0.2, -0.15) is 0 Å². The Labute approximate surface area is 85.1 Å². The van der Waals surface area contributed by atoms with E-state index in [1.807, 2.05) is 24.3 Å². The monoisotopic (exact) mass is 236 g/mol. The lowest BCUT2D eigenvalue weighted by molar-refractivity contribution is 1.02. The first-order chi connectivity index (χ1) is 6.29. The van der Waals surface area contributed by atoms with E-state index in [1.54, 1.807) is 6.33 Å². The van der Waals surface area contributed by atoms with E-state index in [0.29, 0.717) is 0 Å². The number of para-hydroxylation sites is 1. The maximum absolute atomic E-state index is 4.25. The average molecular weight is 237 g/mol. The number of nitrogens with zero attached hydrogens (tertiary/aromatic N) is 2. The van der Waals surface area contributed by atoms with Gasteiger partial charge >= 0.3 is 0 Å². The van der Waals surface area contributed by atoms with Gasteiger partial charge in [0.15, 0.2) is 0 Å². The second kappa shape index (κ2) is 3.42. The highest BCUT2D eigenvalue weighted by atomic mass is 79.9. The van der Waals surface area contributed by atoms with Crippen molar-refractivity contribution >= 4 is 26.8 Å². The van der Waals surface area contributed by atoms with Crippen molar-refractivity contribution in [1.29, 1.82) is 0 Å². The minimum Gasteiger partial charge on any atom is -0.240 e. The molecule has 0 fully saturated rings. The van der Waals surface area contributed by atoms with Crippen molar-refractivity contribution in [2.75, 3.05) is 0 Å². The van der Waals surface area contributed by atoms with Crippen molar-refractivity contribution in [2.45, 2.75) is 11.8 Å². The third-order valence-electron chi connectivity index (χ3n) is 1.95. The summed E-state index contributed by atoms with van der Waals surface area (Å²) in [6, 6.07) is 8.03. The lowest BCUT2D eigenvalue weighted by Gasteiger charge is -2.05. The van der Waals surface area contributed by atoms with Crippen LogP contribution in [0, 0.1) is 0 Å². The minimum absolute atomic E-state index is 0.264. The molecule has 1 unspecified atom stereocenters. The Kier molecular flexibility index (Phi) is 2.27. The topological polar surface area (TPSA) is 25.8 Å². The Morgan fingerprint density at radius 2 is 2.00 bits per heavy atom. The van der Waals surface area contributed by atoms with Gasteiger partial charge in [-0.05, 0) is 13.0 Å². The Hall–Kier alpha value is -0.960. The molecule has 0 aliphatic rings. The first-order valence-electron chi connectivity index (χ1n) is 4.13. The van der Waals surface area contributed by atoms with Gasteiger partial charge in [-0.1, -0.05) is 34.1 Å². The summed E-state index contributed by atoms with van der Waals surface area (Å²) < 4.78 is 0. The molecule has 1 atom stereocenters. The molecule has 2 rings (SSSR count). The van der Waals surface area contributed by atoms with Crippen LogP contribution in [0.3, 0.4) is 0 Å². The van der Waals surface area contributed by atoms with Crippen LogP contribution in [0.2, 0.25) is 0 Å². The van der Waals surface area contributed by atoms with Crippen LogP contribution in [0.25, 0.3) is 10.9 Å². The molecular formula is C10H9BrN2. The normalized spacial score (nSPS) is 13.1. The second-order valence-corrected chi connectivity index (χ2v) is 4.27. The maximum atomic E-state index is 4.25. The molecule has 0 saturated carbocycles. The van der Waals surface area contributed by atoms with E-state index in [9.17, 15) is 0 Å². The largest absolute Gasteiger partial charge is 0.240 e. The first-order valence-corrected chi connectivity index (χ1v) is 5.04. The number of benzene rings is 1. The Morgan fingerprint density at radius 1 is 1.23 bits per heavy atom. The van der Waals surface area contributed by atoms with E-state index in [-0.39, 0.29) is 4.83 Å². The number of fused-ring (bicyclic) bond motifs is 1. The standard InChI is InChI=1S/C10H9BrN2/c1-7(11)10-8-4-2-3-5-9(8)12-6-13-10/h2-7H,1H3. The molecule has 13 heavy (non-hydrogen) atoms. The fourth-order valence-electron chi connectivity index (χ4n) is 1.34. The molecule has 0 spiro atoms. The lowest BCUT2D eigenvalue weighted by atomic mass is 10.1. The lowest BCUT2D eigenvalue weighted by Crippen LogP contribution is -1.92. The van der Waals surface area contributed by atoms with Crippen LogP contribution < -0.4 is 0 Å². The Bertz CT molecular complexity index is 421. The molecule has 0 bridgehead atoms. The second-order valence-electron chi connectivity index (χ2n) is 2.89. The van der Waals surface area contributed by atoms with Gasteiger partial charge in [0.25, 0.3) is 0 Å². The van der Waals surface area contributed by atoms with Gasteiger partial charge < -0.3 is 0 Å². The van der Waals surface area contributed by atoms with Crippen LogP contribution in [0.5, 0.6) is 0 Å². The van der Waals surface area contributed by atoms with Gasteiger partial charge in [0.1, 0.15) is 6.33 Å². The van der Waals surface area contributed by atoms with E-state index in [0.717, 1.165) is 16.6 Å². The average Bonchev–Trinajstić information content (AvgIpc) is 2.17.